The van der Waals surface area contributed by atoms with Crippen molar-refractivity contribution in [2.24, 2.45) is 0 Å². The van der Waals surface area contributed by atoms with Gasteiger partial charge in [0, 0.05) is 0 Å². The fourth-order valence-corrected chi connectivity index (χ4v) is 2.20. The zero-order valence-electron chi connectivity index (χ0n) is 8.65. The Labute approximate surface area is 93.9 Å². The maximum atomic E-state index is 10.0. The van der Waals surface area contributed by atoms with E-state index in [-0.39, 0.29) is 0 Å². The Balaban J connectivity index is 2.03. The first-order chi connectivity index (χ1) is 7.14. The van der Waals surface area contributed by atoms with Crippen LogP contribution in [0.5, 0.6) is 0 Å². The SMILES string of the molecule is CCCC1(O)CN(c2ncncc2Cl)C1. The molecule has 0 amide bonds. The topological polar surface area (TPSA) is 49.2 Å². The lowest BCUT2D eigenvalue weighted by molar-refractivity contribution is 0.00295. The summed E-state index contributed by atoms with van der Waals surface area (Å²) in [5.74, 6) is 0.715. The standard InChI is InChI=1S/C10H14ClN3O/c1-2-3-10(15)5-14(6-10)9-8(11)4-12-7-13-9/h4,7,15H,2-3,5-6H2,1H3. The fourth-order valence-electron chi connectivity index (χ4n) is 1.98. The molecule has 1 saturated heterocycles. The lowest BCUT2D eigenvalue weighted by Crippen LogP contribution is -2.62. The summed E-state index contributed by atoms with van der Waals surface area (Å²) in [5.41, 5.74) is -0.553. The maximum absolute atomic E-state index is 10.0. The van der Waals surface area contributed by atoms with Crippen LogP contribution in [0.4, 0.5) is 5.82 Å². The third-order valence-corrected chi connectivity index (χ3v) is 2.90. The molecule has 2 heterocycles. The van der Waals surface area contributed by atoms with E-state index in [4.69, 9.17) is 11.6 Å². The van der Waals surface area contributed by atoms with Crippen LogP contribution in [0, 0.1) is 0 Å². The average Bonchev–Trinajstić information content (AvgIpc) is 2.15. The smallest absolute Gasteiger partial charge is 0.151 e. The maximum Gasteiger partial charge on any atom is 0.151 e. The van der Waals surface area contributed by atoms with Gasteiger partial charge in [-0.1, -0.05) is 24.9 Å². The number of hydrogen-bond acceptors (Lipinski definition) is 4. The predicted octanol–water partition coefficient (Wildman–Crippen LogP) is 1.48. The first kappa shape index (κ1) is 10.6. The molecule has 1 aliphatic heterocycles. The third kappa shape index (κ3) is 2.06. The van der Waals surface area contributed by atoms with E-state index in [1.165, 1.54) is 6.33 Å². The van der Waals surface area contributed by atoms with Crippen LogP contribution in [0.2, 0.25) is 5.02 Å². The van der Waals surface area contributed by atoms with Gasteiger partial charge in [-0.25, -0.2) is 9.97 Å². The number of aliphatic hydroxyl groups is 1. The van der Waals surface area contributed by atoms with Gasteiger partial charge < -0.3 is 10.0 Å². The van der Waals surface area contributed by atoms with Crippen molar-refractivity contribution in [1.82, 2.24) is 9.97 Å². The van der Waals surface area contributed by atoms with Gasteiger partial charge in [-0.3, -0.25) is 0 Å². The van der Waals surface area contributed by atoms with E-state index in [9.17, 15) is 5.11 Å². The molecule has 4 nitrogen and oxygen atoms in total. The van der Waals surface area contributed by atoms with Crippen LogP contribution in [-0.4, -0.2) is 33.8 Å². The lowest BCUT2D eigenvalue weighted by Gasteiger charge is -2.47. The van der Waals surface area contributed by atoms with Gasteiger partial charge in [-0.2, -0.15) is 0 Å². The number of hydrogen-bond donors (Lipinski definition) is 1. The number of nitrogens with zero attached hydrogens (tertiary/aromatic N) is 3. The molecule has 0 spiro atoms. The van der Waals surface area contributed by atoms with Crippen LogP contribution in [0.3, 0.4) is 0 Å². The van der Waals surface area contributed by atoms with Crippen molar-refractivity contribution >= 4 is 17.4 Å². The zero-order valence-corrected chi connectivity index (χ0v) is 9.41. The van der Waals surface area contributed by atoms with Gasteiger partial charge in [0.1, 0.15) is 11.3 Å². The van der Waals surface area contributed by atoms with E-state index in [1.807, 2.05) is 4.90 Å². The highest BCUT2D eigenvalue weighted by Crippen LogP contribution is 2.32. The molecule has 15 heavy (non-hydrogen) atoms. The van der Waals surface area contributed by atoms with Gasteiger partial charge in [-0.05, 0) is 6.42 Å². The average molecular weight is 228 g/mol. The Morgan fingerprint density at radius 1 is 1.60 bits per heavy atom. The van der Waals surface area contributed by atoms with Crippen LogP contribution in [0.1, 0.15) is 19.8 Å². The molecule has 1 aliphatic rings. The first-order valence-corrected chi connectivity index (χ1v) is 5.45. The van der Waals surface area contributed by atoms with Crippen molar-refractivity contribution in [3.8, 4) is 0 Å². The molecule has 82 valence electrons. The molecule has 0 aliphatic carbocycles. The van der Waals surface area contributed by atoms with Gasteiger partial charge in [0.05, 0.1) is 24.9 Å². The van der Waals surface area contributed by atoms with Crippen LogP contribution in [0.25, 0.3) is 0 Å². The molecule has 1 N–H and O–H groups in total. The summed E-state index contributed by atoms with van der Waals surface area (Å²) in [4.78, 5) is 9.90. The molecule has 5 heteroatoms. The summed E-state index contributed by atoms with van der Waals surface area (Å²) in [6.07, 6.45) is 4.85. The molecular weight excluding hydrogens is 214 g/mol. The minimum absolute atomic E-state index is 0.538. The molecule has 0 radical (unpaired) electrons. The molecule has 0 atom stereocenters. The Kier molecular flexibility index (Phi) is 2.80. The highest BCUT2D eigenvalue weighted by Gasteiger charge is 2.41. The van der Waals surface area contributed by atoms with E-state index in [2.05, 4.69) is 16.9 Å². The molecule has 0 aromatic carbocycles. The Morgan fingerprint density at radius 3 is 2.93 bits per heavy atom. The molecule has 0 saturated carbocycles. The molecule has 1 aromatic heterocycles. The van der Waals surface area contributed by atoms with Crippen LogP contribution >= 0.6 is 11.6 Å². The van der Waals surface area contributed by atoms with Gasteiger partial charge in [0.25, 0.3) is 0 Å². The number of rotatable bonds is 3. The zero-order chi connectivity index (χ0) is 10.9. The number of halogens is 1. The Hall–Kier alpha value is -0.870. The quantitative estimate of drug-likeness (QED) is 0.850. The summed E-state index contributed by atoms with van der Waals surface area (Å²) < 4.78 is 0. The monoisotopic (exact) mass is 227 g/mol. The van der Waals surface area contributed by atoms with Crippen molar-refractivity contribution in [2.75, 3.05) is 18.0 Å². The van der Waals surface area contributed by atoms with E-state index in [0.29, 0.717) is 23.9 Å². The third-order valence-electron chi connectivity index (χ3n) is 2.63. The normalized spacial score (nSPS) is 18.7. The second-order valence-corrected chi connectivity index (χ2v) is 4.43. The molecule has 2 rings (SSSR count). The number of anilines is 1. The van der Waals surface area contributed by atoms with Crippen LogP contribution in [-0.2, 0) is 0 Å². The largest absolute Gasteiger partial charge is 0.386 e. The first-order valence-electron chi connectivity index (χ1n) is 5.07. The predicted molar refractivity (Wildman–Crippen MR) is 59.1 cm³/mol. The second-order valence-electron chi connectivity index (χ2n) is 4.02. The summed E-state index contributed by atoms with van der Waals surface area (Å²) in [6.45, 7) is 3.29. The van der Waals surface area contributed by atoms with Crippen molar-refractivity contribution < 1.29 is 5.11 Å². The van der Waals surface area contributed by atoms with Gasteiger partial charge in [0.15, 0.2) is 5.82 Å². The molecular formula is C10H14ClN3O. The second kappa shape index (κ2) is 3.94. The van der Waals surface area contributed by atoms with Gasteiger partial charge in [-0.15, -0.1) is 0 Å². The van der Waals surface area contributed by atoms with Gasteiger partial charge in [0.2, 0.25) is 0 Å². The highest BCUT2D eigenvalue weighted by atomic mass is 35.5. The van der Waals surface area contributed by atoms with Crippen molar-refractivity contribution in [3.05, 3.63) is 17.5 Å². The van der Waals surface area contributed by atoms with E-state index >= 15 is 0 Å². The van der Waals surface area contributed by atoms with Crippen molar-refractivity contribution in [2.45, 2.75) is 25.4 Å². The van der Waals surface area contributed by atoms with Crippen molar-refractivity contribution in [1.29, 1.82) is 0 Å². The fraction of sp³-hybridized carbons (Fsp3) is 0.600. The summed E-state index contributed by atoms with van der Waals surface area (Å²) in [6, 6.07) is 0. The van der Waals surface area contributed by atoms with Crippen LogP contribution in [0.15, 0.2) is 12.5 Å². The molecule has 1 aromatic rings. The highest BCUT2D eigenvalue weighted by molar-refractivity contribution is 6.32. The van der Waals surface area contributed by atoms with Crippen LogP contribution < -0.4 is 4.90 Å². The van der Waals surface area contributed by atoms with E-state index in [1.54, 1.807) is 6.20 Å². The van der Waals surface area contributed by atoms with E-state index < -0.39 is 5.60 Å². The molecule has 1 fully saturated rings. The summed E-state index contributed by atoms with van der Waals surface area (Å²) in [5, 5.41) is 10.5. The number of aromatic nitrogens is 2. The number of β-amino-alcohol motifs (C(OH)–C–C–N with tert-alkyl or cyclic N) is 1. The van der Waals surface area contributed by atoms with Crippen molar-refractivity contribution in [3.63, 3.8) is 0 Å². The summed E-state index contributed by atoms with van der Waals surface area (Å²) in [7, 11) is 0. The van der Waals surface area contributed by atoms with Gasteiger partial charge >= 0.3 is 0 Å². The lowest BCUT2D eigenvalue weighted by atomic mass is 9.89. The van der Waals surface area contributed by atoms with E-state index in [0.717, 1.165) is 12.8 Å². The molecule has 0 unspecified atom stereocenters. The minimum Gasteiger partial charge on any atom is -0.386 e. The Morgan fingerprint density at radius 2 is 2.33 bits per heavy atom. The minimum atomic E-state index is -0.553. The molecule has 0 bridgehead atoms. The summed E-state index contributed by atoms with van der Waals surface area (Å²) >= 11 is 5.95. The Bertz CT molecular complexity index is 352.